The van der Waals surface area contributed by atoms with Gasteiger partial charge in [-0.1, -0.05) is 30.1 Å². The molecule has 1 rings (SSSR count). The Kier molecular flexibility index (Phi) is 3.75. The molecule has 0 fully saturated rings. The molecule has 0 aliphatic carbocycles. The van der Waals surface area contributed by atoms with Gasteiger partial charge < -0.3 is 15.2 Å². The largest absolute Gasteiger partial charge is 0.502 e. The predicted molar refractivity (Wildman–Crippen MR) is 54.8 cm³/mol. The van der Waals surface area contributed by atoms with Crippen LogP contribution in [0.5, 0.6) is 5.75 Å². The third-order valence-electron chi connectivity index (χ3n) is 1.88. The summed E-state index contributed by atoms with van der Waals surface area (Å²) in [5.41, 5.74) is 0.959. The van der Waals surface area contributed by atoms with Crippen LogP contribution in [0.2, 0.25) is 10.0 Å². The van der Waals surface area contributed by atoms with Crippen molar-refractivity contribution >= 4 is 35.3 Å². The summed E-state index contributed by atoms with van der Waals surface area (Å²) in [4.78, 5) is 10.1. The minimum Gasteiger partial charge on any atom is -0.502 e. The zero-order chi connectivity index (χ0) is 10.7. The zero-order valence-electron chi connectivity index (χ0n) is 7.47. The maximum atomic E-state index is 10.1. The Bertz CT molecular complexity index is 366. The second-order valence-corrected chi connectivity index (χ2v) is 3.49. The number of halogens is 2. The average Bonchev–Trinajstić information content (AvgIpc) is 2.15. The first-order valence-electron chi connectivity index (χ1n) is 4.02. The molecule has 0 saturated carbocycles. The molecule has 0 aliphatic rings. The van der Waals surface area contributed by atoms with E-state index >= 15 is 0 Å². The molecule has 0 atom stereocenters. The van der Waals surface area contributed by atoms with Crippen LogP contribution in [-0.2, 0) is 11.2 Å². The lowest BCUT2D eigenvalue weighted by Gasteiger charge is -2.10. The van der Waals surface area contributed by atoms with Gasteiger partial charge in [0.2, 0.25) is 0 Å². The van der Waals surface area contributed by atoms with E-state index in [4.69, 9.17) is 23.2 Å². The van der Waals surface area contributed by atoms with E-state index in [1.165, 1.54) is 6.07 Å². The Balaban J connectivity index is 3.31. The number of amides is 1. The predicted octanol–water partition coefficient (Wildman–Crippen LogP) is 1.52. The molecule has 0 saturated heterocycles. The van der Waals surface area contributed by atoms with Gasteiger partial charge in [-0.05, 0) is 18.4 Å². The average molecular weight is 234 g/mol. The van der Waals surface area contributed by atoms with Crippen molar-refractivity contribution in [3.63, 3.8) is 0 Å². The molecule has 0 radical (unpaired) electrons. The van der Waals surface area contributed by atoms with Crippen LogP contribution in [0.3, 0.4) is 0 Å². The maximum absolute atomic E-state index is 10.1. The first kappa shape index (κ1) is 11.3. The number of hydrogen-bond acceptors (Lipinski definition) is 2. The van der Waals surface area contributed by atoms with Gasteiger partial charge >= 0.3 is 0 Å². The molecule has 1 aromatic carbocycles. The number of nitrogens with two attached hydrogens (primary N) is 1. The number of phenols is 1. The molecule has 76 valence electrons. The summed E-state index contributed by atoms with van der Waals surface area (Å²) < 4.78 is 0. The third-order valence-corrected chi connectivity index (χ3v) is 2.63. The molecular formula is C9H9Cl2NO2. The van der Waals surface area contributed by atoms with Crippen LogP contribution in [-0.4, -0.2) is 11.5 Å². The monoisotopic (exact) mass is 233 g/mol. The quantitative estimate of drug-likeness (QED) is 0.473. The molecule has 1 aromatic rings. The topological polar surface area (TPSA) is 53.9 Å². The molecule has 0 aliphatic heterocycles. The van der Waals surface area contributed by atoms with Crippen molar-refractivity contribution in [2.45, 2.75) is 13.3 Å². The van der Waals surface area contributed by atoms with Gasteiger partial charge in [-0.3, -0.25) is 0 Å². The van der Waals surface area contributed by atoms with Crippen LogP contribution < -0.4 is 5.32 Å². The van der Waals surface area contributed by atoms with Crippen molar-refractivity contribution in [3.05, 3.63) is 21.7 Å². The second kappa shape index (κ2) is 4.64. The lowest BCUT2D eigenvalue weighted by atomic mass is 10.1. The lowest BCUT2D eigenvalue weighted by Crippen LogP contribution is -2.76. The van der Waals surface area contributed by atoms with Crippen LogP contribution in [0.4, 0.5) is 5.69 Å². The highest BCUT2D eigenvalue weighted by Gasteiger charge is 2.14. The van der Waals surface area contributed by atoms with Crippen molar-refractivity contribution in [2.75, 3.05) is 0 Å². The summed E-state index contributed by atoms with van der Waals surface area (Å²) in [5.74, 6) is -0.128. The van der Waals surface area contributed by atoms with E-state index in [1.807, 2.05) is 6.92 Å². The number of rotatable bonds is 3. The van der Waals surface area contributed by atoms with Crippen LogP contribution >= 0.6 is 23.2 Å². The van der Waals surface area contributed by atoms with Crippen molar-refractivity contribution in [3.8, 4) is 5.75 Å². The number of phenolic OH excluding ortho intramolecular Hbond substituents is 1. The number of quaternary nitrogens is 1. The Morgan fingerprint density at radius 2 is 2.21 bits per heavy atom. The van der Waals surface area contributed by atoms with E-state index in [2.05, 4.69) is 0 Å². The highest BCUT2D eigenvalue weighted by atomic mass is 35.5. The number of primary amides is 1. The molecule has 0 aromatic heterocycles. The first-order chi connectivity index (χ1) is 6.61. The van der Waals surface area contributed by atoms with Crippen molar-refractivity contribution < 1.29 is 15.2 Å². The first-order valence-corrected chi connectivity index (χ1v) is 4.78. The standard InChI is InChI=1S/C9H9Cl2NO2/c1-2-5-6(10)3-7(12-4-13)9(14)8(5)11/h3,14H,2,12H2,1H3. The Morgan fingerprint density at radius 3 is 2.71 bits per heavy atom. The fourth-order valence-corrected chi connectivity index (χ4v) is 1.90. The minimum absolute atomic E-state index is 0.128. The third kappa shape index (κ3) is 2.00. The van der Waals surface area contributed by atoms with Gasteiger partial charge in [0.05, 0.1) is 10.0 Å². The fraction of sp³-hybridized carbons (Fsp3) is 0.222. The van der Waals surface area contributed by atoms with E-state index in [9.17, 15) is 9.90 Å². The van der Waals surface area contributed by atoms with Crippen molar-refractivity contribution in [1.82, 2.24) is 0 Å². The summed E-state index contributed by atoms with van der Waals surface area (Å²) in [6.07, 6.45) is 2.19. The summed E-state index contributed by atoms with van der Waals surface area (Å²) in [6, 6.07) is 1.49. The molecule has 3 nitrogen and oxygen atoms in total. The molecule has 0 unspecified atom stereocenters. The van der Waals surface area contributed by atoms with E-state index in [0.29, 0.717) is 17.0 Å². The molecule has 5 heteroatoms. The Hall–Kier alpha value is -0.770. The van der Waals surface area contributed by atoms with Gasteiger partial charge in [0.25, 0.3) is 0 Å². The van der Waals surface area contributed by atoms with Crippen molar-refractivity contribution in [1.29, 1.82) is 0 Å². The minimum atomic E-state index is -0.128. The lowest BCUT2D eigenvalue weighted by molar-refractivity contribution is -0.442. The molecular weight excluding hydrogens is 225 g/mol. The summed E-state index contributed by atoms with van der Waals surface area (Å²) in [6.45, 7) is 1.88. The normalized spacial score (nSPS) is 10.2. The highest BCUT2D eigenvalue weighted by Crippen LogP contribution is 2.37. The number of carbonyl (C=O) groups excluding carboxylic acids is 1. The molecule has 1 amide bonds. The fourth-order valence-electron chi connectivity index (χ4n) is 1.16. The Morgan fingerprint density at radius 1 is 1.57 bits per heavy atom. The summed E-state index contributed by atoms with van der Waals surface area (Å²) >= 11 is 11.8. The molecule has 0 bridgehead atoms. The van der Waals surface area contributed by atoms with Gasteiger partial charge in [-0.15, -0.1) is 0 Å². The van der Waals surface area contributed by atoms with Crippen LogP contribution in [0.15, 0.2) is 6.07 Å². The summed E-state index contributed by atoms with van der Waals surface area (Å²) in [7, 11) is 0. The van der Waals surface area contributed by atoms with Crippen molar-refractivity contribution in [2.24, 2.45) is 0 Å². The summed E-state index contributed by atoms with van der Waals surface area (Å²) in [5, 5.41) is 11.3. The van der Waals surface area contributed by atoms with Crippen LogP contribution in [0, 0.1) is 0 Å². The number of hydrogen-bond donors (Lipinski definition) is 2. The number of aromatic hydroxyl groups is 1. The molecule has 14 heavy (non-hydrogen) atoms. The Labute approximate surface area is 91.6 Å². The second-order valence-electron chi connectivity index (χ2n) is 2.70. The number of benzene rings is 1. The van der Waals surface area contributed by atoms with Gasteiger partial charge in [0, 0.05) is 6.07 Å². The smallest absolute Gasteiger partial charge is 0.194 e. The van der Waals surface area contributed by atoms with Crippen LogP contribution in [0.1, 0.15) is 12.5 Å². The SMILES string of the molecule is CCc1c(Cl)cc([NH2+][C-]=O)c(O)c1Cl. The zero-order valence-corrected chi connectivity index (χ0v) is 8.99. The maximum Gasteiger partial charge on any atom is 0.194 e. The van der Waals surface area contributed by atoms with E-state index in [0.717, 1.165) is 5.32 Å². The molecule has 0 spiro atoms. The van der Waals surface area contributed by atoms with Gasteiger partial charge in [-0.25, -0.2) is 0 Å². The van der Waals surface area contributed by atoms with Gasteiger partial charge in [-0.2, -0.15) is 0 Å². The molecule has 3 N–H and O–H groups in total. The van der Waals surface area contributed by atoms with E-state index < -0.39 is 0 Å². The van der Waals surface area contributed by atoms with Gasteiger partial charge in [0.1, 0.15) is 0 Å². The highest BCUT2D eigenvalue weighted by molar-refractivity contribution is 6.37. The van der Waals surface area contributed by atoms with E-state index in [1.54, 1.807) is 6.41 Å². The van der Waals surface area contributed by atoms with Crippen LogP contribution in [0.25, 0.3) is 0 Å². The van der Waals surface area contributed by atoms with Gasteiger partial charge in [0.15, 0.2) is 11.4 Å². The van der Waals surface area contributed by atoms with E-state index in [-0.39, 0.29) is 16.5 Å². The molecule has 0 heterocycles.